The first-order valence-electron chi connectivity index (χ1n) is 12.2. The number of rotatable bonds is 6. The van der Waals surface area contributed by atoms with Crippen molar-refractivity contribution in [2.24, 2.45) is 0 Å². The van der Waals surface area contributed by atoms with Crippen LogP contribution in [0.25, 0.3) is 11.1 Å². The molecule has 4 aromatic rings. The summed E-state index contributed by atoms with van der Waals surface area (Å²) >= 11 is 13.3. The molecule has 0 unspecified atom stereocenters. The highest BCUT2D eigenvalue weighted by Gasteiger charge is 2.41. The number of benzene rings is 4. The molecule has 0 heterocycles. The second-order valence-corrected chi connectivity index (χ2v) is 13.0. The zero-order valence-corrected chi connectivity index (χ0v) is 27.3. The number of alkyl carbamates (subject to hydrolysis) is 1. The van der Waals surface area contributed by atoms with E-state index in [1.807, 2.05) is 36.4 Å². The van der Waals surface area contributed by atoms with E-state index >= 15 is 0 Å². The SMILES string of the molecule is C[C@H](NC(=O)OCC1c2ccccc2-c2ccccc21)C(O)(c1cc(Br)c(O)c(Br)c1)c1cc(Br)c(O)c(Br)c1. The summed E-state index contributed by atoms with van der Waals surface area (Å²) in [6.45, 7) is 1.78. The maximum absolute atomic E-state index is 13.2. The van der Waals surface area contributed by atoms with Crippen LogP contribution < -0.4 is 5.32 Å². The fourth-order valence-electron chi connectivity index (χ4n) is 5.16. The minimum absolute atomic E-state index is 0.0312. The van der Waals surface area contributed by atoms with Gasteiger partial charge in [0.25, 0.3) is 0 Å². The molecular formula is C30H23Br4NO5. The summed E-state index contributed by atoms with van der Waals surface area (Å²) in [4.78, 5) is 13.2. The Morgan fingerprint density at radius 2 is 1.23 bits per heavy atom. The van der Waals surface area contributed by atoms with E-state index in [-0.39, 0.29) is 24.0 Å². The van der Waals surface area contributed by atoms with Crippen molar-refractivity contribution in [1.29, 1.82) is 0 Å². The van der Waals surface area contributed by atoms with Crippen molar-refractivity contribution >= 4 is 69.8 Å². The summed E-state index contributed by atoms with van der Waals surface area (Å²) in [5.74, 6) is -0.173. The van der Waals surface area contributed by atoms with Crippen LogP contribution in [0.1, 0.15) is 35.1 Å². The lowest BCUT2D eigenvalue weighted by Gasteiger charge is -2.36. The standard InChI is InChI=1S/C30H23Br4NO5/c1-15(35-29(38)40-14-22-20-8-4-2-6-18(20)19-7-3-5-9-21(19)22)30(39,16-10-23(31)27(36)24(32)11-16)17-12-25(33)28(37)26(34)13-17/h2-13,15,22,36-37,39H,14H2,1H3,(H,35,38)/t15-/m0/s1. The normalized spacial score (nSPS) is 13.4. The Bertz CT molecular complexity index is 1480. The molecule has 0 aliphatic heterocycles. The van der Waals surface area contributed by atoms with Gasteiger partial charge in [0.1, 0.15) is 23.7 Å². The van der Waals surface area contributed by atoms with Gasteiger partial charge in [0, 0.05) is 5.92 Å². The molecule has 0 bridgehead atoms. The molecule has 10 heteroatoms. The van der Waals surface area contributed by atoms with E-state index in [0.29, 0.717) is 29.0 Å². The van der Waals surface area contributed by atoms with Gasteiger partial charge in [-0.25, -0.2) is 4.79 Å². The van der Waals surface area contributed by atoms with Crippen molar-refractivity contribution in [2.45, 2.75) is 24.5 Å². The minimum atomic E-state index is -1.80. The molecule has 1 atom stereocenters. The van der Waals surface area contributed by atoms with Crippen LogP contribution in [-0.4, -0.2) is 34.1 Å². The Morgan fingerprint density at radius 1 is 0.825 bits per heavy atom. The number of carbonyl (C=O) groups excluding carboxylic acids is 1. The van der Waals surface area contributed by atoms with Crippen molar-refractivity contribution < 1.29 is 24.9 Å². The average molecular weight is 797 g/mol. The zero-order chi connectivity index (χ0) is 28.8. The third kappa shape index (κ3) is 5.20. The number of aliphatic hydroxyl groups is 1. The molecule has 0 saturated heterocycles. The monoisotopic (exact) mass is 793 g/mol. The number of nitrogens with one attached hydrogen (secondary N) is 1. The highest BCUT2D eigenvalue weighted by atomic mass is 79.9. The number of halogens is 4. The molecule has 0 fully saturated rings. The number of carbonyl (C=O) groups is 1. The fourth-order valence-corrected chi connectivity index (χ4v) is 7.53. The molecule has 206 valence electrons. The number of amides is 1. The molecule has 1 aliphatic rings. The number of ether oxygens (including phenoxy) is 1. The van der Waals surface area contributed by atoms with Crippen molar-refractivity contribution in [3.63, 3.8) is 0 Å². The lowest BCUT2D eigenvalue weighted by Crippen LogP contribution is -2.50. The Balaban J connectivity index is 1.44. The smallest absolute Gasteiger partial charge is 0.407 e. The van der Waals surface area contributed by atoms with Gasteiger partial charge in [-0.3, -0.25) is 0 Å². The van der Waals surface area contributed by atoms with E-state index in [1.54, 1.807) is 31.2 Å². The molecule has 0 spiro atoms. The minimum Gasteiger partial charge on any atom is -0.506 e. The van der Waals surface area contributed by atoms with Crippen LogP contribution in [-0.2, 0) is 10.3 Å². The molecule has 4 N–H and O–H groups in total. The molecular weight excluding hydrogens is 774 g/mol. The van der Waals surface area contributed by atoms with Crippen molar-refractivity contribution in [1.82, 2.24) is 5.32 Å². The first-order valence-corrected chi connectivity index (χ1v) is 15.4. The summed E-state index contributed by atoms with van der Waals surface area (Å²) in [5.41, 5.74) is 3.39. The van der Waals surface area contributed by atoms with E-state index in [2.05, 4.69) is 81.2 Å². The molecule has 0 radical (unpaired) electrons. The van der Waals surface area contributed by atoms with Crippen molar-refractivity contribution in [2.75, 3.05) is 6.61 Å². The fraction of sp³-hybridized carbons (Fsp3) is 0.167. The first kappa shape index (κ1) is 29.1. The number of hydrogen-bond donors (Lipinski definition) is 4. The first-order chi connectivity index (χ1) is 19.0. The third-order valence-corrected chi connectivity index (χ3v) is 9.64. The van der Waals surface area contributed by atoms with Crippen molar-refractivity contribution in [3.05, 3.63) is 113 Å². The van der Waals surface area contributed by atoms with E-state index in [1.165, 1.54) is 0 Å². The number of fused-ring (bicyclic) bond motifs is 3. The highest BCUT2D eigenvalue weighted by Crippen LogP contribution is 2.46. The Hall–Kier alpha value is -2.37. The lowest BCUT2D eigenvalue weighted by molar-refractivity contribution is 0.0397. The van der Waals surface area contributed by atoms with Crippen LogP contribution in [0.4, 0.5) is 4.79 Å². The molecule has 1 amide bonds. The molecule has 1 aliphatic carbocycles. The van der Waals surface area contributed by atoms with E-state index in [0.717, 1.165) is 22.3 Å². The second-order valence-electron chi connectivity index (χ2n) is 9.53. The van der Waals surface area contributed by atoms with Gasteiger partial charge in [-0.15, -0.1) is 0 Å². The third-order valence-electron chi connectivity index (χ3n) is 7.22. The Morgan fingerprint density at radius 3 is 1.65 bits per heavy atom. The number of phenols is 2. The molecule has 4 aromatic carbocycles. The second kappa shape index (κ2) is 11.5. The molecule has 40 heavy (non-hydrogen) atoms. The van der Waals surface area contributed by atoms with Crippen LogP contribution in [0.2, 0.25) is 0 Å². The summed E-state index contributed by atoms with van der Waals surface area (Å²) in [6, 6.07) is 21.6. The van der Waals surface area contributed by atoms with Crippen LogP contribution in [0.15, 0.2) is 90.7 Å². The van der Waals surface area contributed by atoms with Gasteiger partial charge in [-0.1, -0.05) is 48.5 Å². The van der Waals surface area contributed by atoms with E-state index in [9.17, 15) is 20.1 Å². The van der Waals surface area contributed by atoms with Crippen LogP contribution in [0.5, 0.6) is 11.5 Å². The van der Waals surface area contributed by atoms with Crippen LogP contribution in [0, 0.1) is 0 Å². The Labute approximate surface area is 264 Å². The van der Waals surface area contributed by atoms with Gasteiger partial charge in [0.15, 0.2) is 0 Å². The van der Waals surface area contributed by atoms with Crippen LogP contribution >= 0.6 is 63.7 Å². The van der Waals surface area contributed by atoms with Crippen LogP contribution in [0.3, 0.4) is 0 Å². The molecule has 0 saturated carbocycles. The number of phenolic OH excluding ortho intramolecular Hbond substituents is 2. The highest BCUT2D eigenvalue weighted by molar-refractivity contribution is 9.11. The van der Waals surface area contributed by atoms with Gasteiger partial charge in [-0.05, 0) is 128 Å². The van der Waals surface area contributed by atoms with Gasteiger partial charge in [0.05, 0.1) is 23.9 Å². The predicted octanol–water partition coefficient (Wildman–Crippen LogP) is 8.31. The van der Waals surface area contributed by atoms with Gasteiger partial charge < -0.3 is 25.4 Å². The van der Waals surface area contributed by atoms with Gasteiger partial charge in [-0.2, -0.15) is 0 Å². The number of aromatic hydroxyl groups is 2. The quantitative estimate of drug-likeness (QED) is 0.158. The van der Waals surface area contributed by atoms with Gasteiger partial charge in [0.2, 0.25) is 0 Å². The average Bonchev–Trinajstić information content (AvgIpc) is 3.26. The predicted molar refractivity (Wildman–Crippen MR) is 168 cm³/mol. The van der Waals surface area contributed by atoms with Gasteiger partial charge >= 0.3 is 6.09 Å². The summed E-state index contributed by atoms with van der Waals surface area (Å²) in [6.07, 6.45) is -0.693. The molecule has 0 aromatic heterocycles. The Kier molecular flexibility index (Phi) is 8.37. The lowest BCUT2D eigenvalue weighted by atomic mass is 9.80. The summed E-state index contributed by atoms with van der Waals surface area (Å²) in [5, 5.41) is 35.6. The molecule has 5 rings (SSSR count). The maximum atomic E-state index is 13.2. The van der Waals surface area contributed by atoms with E-state index < -0.39 is 17.7 Å². The maximum Gasteiger partial charge on any atom is 0.407 e. The van der Waals surface area contributed by atoms with E-state index in [4.69, 9.17) is 4.74 Å². The largest absolute Gasteiger partial charge is 0.506 e. The summed E-state index contributed by atoms with van der Waals surface area (Å²) < 4.78 is 7.12. The number of hydrogen-bond acceptors (Lipinski definition) is 5. The summed E-state index contributed by atoms with van der Waals surface area (Å²) in [7, 11) is 0. The topological polar surface area (TPSA) is 99.0 Å². The molecule has 6 nitrogen and oxygen atoms in total. The zero-order valence-electron chi connectivity index (χ0n) is 21.0. The van der Waals surface area contributed by atoms with Crippen molar-refractivity contribution in [3.8, 4) is 22.6 Å².